The van der Waals surface area contributed by atoms with Gasteiger partial charge >= 0.3 is 0 Å². The molecule has 2 rings (SSSR count). The van der Waals surface area contributed by atoms with Crippen LogP contribution in [0.15, 0.2) is 48.5 Å². The molecule has 102 valence electrons. The summed E-state index contributed by atoms with van der Waals surface area (Å²) in [6, 6.07) is 11.4. The van der Waals surface area contributed by atoms with Crippen molar-refractivity contribution in [1.82, 2.24) is 0 Å². The molecule has 0 bridgehead atoms. The molecule has 1 amide bonds. The Labute approximate surface area is 121 Å². The van der Waals surface area contributed by atoms with E-state index in [1.807, 2.05) is 12.1 Å². The lowest BCUT2D eigenvalue weighted by Gasteiger charge is -2.05. The van der Waals surface area contributed by atoms with Gasteiger partial charge in [-0.05, 0) is 54.5 Å². The first-order valence-electron chi connectivity index (χ1n) is 6.05. The smallest absolute Gasteiger partial charge is 0.248 e. The van der Waals surface area contributed by atoms with Crippen molar-refractivity contribution in [2.24, 2.45) is 0 Å². The second-order valence-electron chi connectivity index (χ2n) is 4.34. The highest BCUT2D eigenvalue weighted by Gasteiger charge is 2.02. The second kappa shape index (κ2) is 6.35. The number of anilines is 1. The molecule has 0 unspecified atom stereocenters. The largest absolute Gasteiger partial charge is 0.322 e. The molecule has 0 aromatic heterocycles. The molecule has 0 radical (unpaired) electrons. The van der Waals surface area contributed by atoms with E-state index in [0.717, 1.165) is 5.56 Å². The van der Waals surface area contributed by atoms with Crippen molar-refractivity contribution in [3.05, 3.63) is 70.5 Å². The quantitative estimate of drug-likeness (QED) is 0.832. The number of carbonyl (C=O) groups is 1. The van der Waals surface area contributed by atoms with Crippen molar-refractivity contribution in [2.75, 3.05) is 5.32 Å². The van der Waals surface area contributed by atoms with E-state index in [-0.39, 0.29) is 11.7 Å². The van der Waals surface area contributed by atoms with Crippen LogP contribution in [0.3, 0.4) is 0 Å². The van der Waals surface area contributed by atoms with E-state index in [2.05, 4.69) is 5.32 Å². The molecule has 0 saturated heterocycles. The maximum atomic E-state index is 13.0. The van der Waals surface area contributed by atoms with Gasteiger partial charge in [0, 0.05) is 16.8 Å². The van der Waals surface area contributed by atoms with E-state index in [4.69, 9.17) is 11.6 Å². The molecule has 0 heterocycles. The van der Waals surface area contributed by atoms with Gasteiger partial charge in [-0.25, -0.2) is 4.39 Å². The van der Waals surface area contributed by atoms with Crippen molar-refractivity contribution in [2.45, 2.75) is 6.92 Å². The Kier molecular flexibility index (Phi) is 4.53. The molecule has 0 atom stereocenters. The van der Waals surface area contributed by atoms with Crippen LogP contribution in [0, 0.1) is 12.7 Å². The average Bonchev–Trinajstić information content (AvgIpc) is 2.40. The third-order valence-corrected chi connectivity index (χ3v) is 2.96. The molecule has 0 aliphatic heterocycles. The summed E-state index contributed by atoms with van der Waals surface area (Å²) in [4.78, 5) is 11.8. The number of hydrogen-bond acceptors (Lipinski definition) is 1. The minimum Gasteiger partial charge on any atom is -0.322 e. The van der Waals surface area contributed by atoms with E-state index in [1.54, 1.807) is 25.1 Å². The van der Waals surface area contributed by atoms with Gasteiger partial charge in [-0.15, -0.1) is 0 Å². The molecular formula is C16H13ClFNO. The molecule has 1 N–H and O–H groups in total. The standard InChI is InChI=1S/C16H13ClFNO/c1-11-9-14(18)6-7-15(11)19-16(20)8-5-12-3-2-4-13(17)10-12/h2-10H,1H3,(H,19,20)/b8-5+. The normalized spacial score (nSPS) is 10.8. The summed E-state index contributed by atoms with van der Waals surface area (Å²) in [7, 11) is 0. The first-order chi connectivity index (χ1) is 9.54. The fraction of sp³-hybridized carbons (Fsp3) is 0.0625. The number of benzene rings is 2. The fourth-order valence-electron chi connectivity index (χ4n) is 1.72. The molecular weight excluding hydrogens is 277 g/mol. The van der Waals surface area contributed by atoms with Gasteiger partial charge in [0.25, 0.3) is 0 Å². The molecule has 0 aliphatic carbocycles. The topological polar surface area (TPSA) is 29.1 Å². The van der Waals surface area contributed by atoms with E-state index < -0.39 is 0 Å². The molecule has 2 nitrogen and oxygen atoms in total. The Morgan fingerprint density at radius 3 is 2.75 bits per heavy atom. The van der Waals surface area contributed by atoms with Crippen molar-refractivity contribution >= 4 is 29.3 Å². The average molecular weight is 290 g/mol. The highest BCUT2D eigenvalue weighted by atomic mass is 35.5. The van der Waals surface area contributed by atoms with Gasteiger partial charge in [0.2, 0.25) is 5.91 Å². The predicted molar refractivity (Wildman–Crippen MR) is 80.3 cm³/mol. The summed E-state index contributed by atoms with van der Waals surface area (Å²) in [6.45, 7) is 1.74. The monoisotopic (exact) mass is 289 g/mol. The Morgan fingerprint density at radius 2 is 2.05 bits per heavy atom. The highest BCUT2D eigenvalue weighted by molar-refractivity contribution is 6.30. The van der Waals surface area contributed by atoms with Gasteiger partial charge in [-0.3, -0.25) is 4.79 Å². The van der Waals surface area contributed by atoms with Crippen LogP contribution in [-0.2, 0) is 4.79 Å². The maximum absolute atomic E-state index is 13.0. The lowest BCUT2D eigenvalue weighted by Crippen LogP contribution is -2.08. The van der Waals surface area contributed by atoms with Gasteiger partial charge in [-0.1, -0.05) is 23.7 Å². The first-order valence-corrected chi connectivity index (χ1v) is 6.43. The third-order valence-electron chi connectivity index (χ3n) is 2.72. The fourth-order valence-corrected chi connectivity index (χ4v) is 1.92. The van der Waals surface area contributed by atoms with Gasteiger partial charge in [0.1, 0.15) is 5.82 Å². The Morgan fingerprint density at radius 1 is 1.25 bits per heavy atom. The van der Waals surface area contributed by atoms with Crippen LogP contribution < -0.4 is 5.32 Å². The van der Waals surface area contributed by atoms with E-state index in [9.17, 15) is 9.18 Å². The molecule has 20 heavy (non-hydrogen) atoms. The van der Waals surface area contributed by atoms with Crippen LogP contribution in [0.5, 0.6) is 0 Å². The van der Waals surface area contributed by atoms with Crippen LogP contribution in [0.25, 0.3) is 6.08 Å². The van der Waals surface area contributed by atoms with Crippen LogP contribution in [0.2, 0.25) is 5.02 Å². The maximum Gasteiger partial charge on any atom is 0.248 e. The Balaban J connectivity index is 2.05. The van der Waals surface area contributed by atoms with Gasteiger partial charge in [0.15, 0.2) is 0 Å². The van der Waals surface area contributed by atoms with Crippen LogP contribution in [0.4, 0.5) is 10.1 Å². The molecule has 2 aromatic carbocycles. The molecule has 4 heteroatoms. The Bertz CT molecular complexity index is 667. The number of halogens is 2. The lowest BCUT2D eigenvalue weighted by molar-refractivity contribution is -0.111. The predicted octanol–water partition coefficient (Wildman–Crippen LogP) is 4.44. The van der Waals surface area contributed by atoms with Crippen molar-refractivity contribution in [3.8, 4) is 0 Å². The zero-order valence-corrected chi connectivity index (χ0v) is 11.6. The van der Waals surface area contributed by atoms with E-state index in [1.165, 1.54) is 24.3 Å². The van der Waals surface area contributed by atoms with Crippen LogP contribution >= 0.6 is 11.6 Å². The van der Waals surface area contributed by atoms with Gasteiger partial charge < -0.3 is 5.32 Å². The summed E-state index contributed by atoms with van der Waals surface area (Å²) < 4.78 is 13.0. The lowest BCUT2D eigenvalue weighted by atomic mass is 10.2. The van der Waals surface area contributed by atoms with E-state index in [0.29, 0.717) is 16.3 Å². The molecule has 2 aromatic rings. The SMILES string of the molecule is Cc1cc(F)ccc1NC(=O)/C=C/c1cccc(Cl)c1. The van der Waals surface area contributed by atoms with Gasteiger partial charge in [0.05, 0.1) is 0 Å². The zero-order chi connectivity index (χ0) is 14.5. The second-order valence-corrected chi connectivity index (χ2v) is 4.77. The highest BCUT2D eigenvalue weighted by Crippen LogP contribution is 2.16. The summed E-state index contributed by atoms with van der Waals surface area (Å²) >= 11 is 5.86. The molecule has 0 spiro atoms. The number of carbonyl (C=O) groups excluding carboxylic acids is 1. The zero-order valence-electron chi connectivity index (χ0n) is 10.9. The molecule has 0 fully saturated rings. The van der Waals surface area contributed by atoms with Crippen LogP contribution in [0.1, 0.15) is 11.1 Å². The molecule has 0 aliphatic rings. The Hall–Kier alpha value is -2.13. The number of nitrogens with one attached hydrogen (secondary N) is 1. The number of rotatable bonds is 3. The minimum atomic E-state index is -0.324. The first kappa shape index (κ1) is 14.3. The van der Waals surface area contributed by atoms with Crippen molar-refractivity contribution in [1.29, 1.82) is 0 Å². The number of hydrogen-bond donors (Lipinski definition) is 1. The number of aryl methyl sites for hydroxylation is 1. The summed E-state index contributed by atoms with van der Waals surface area (Å²) in [5.74, 6) is -0.602. The van der Waals surface area contributed by atoms with Crippen LogP contribution in [-0.4, -0.2) is 5.91 Å². The van der Waals surface area contributed by atoms with Gasteiger partial charge in [-0.2, -0.15) is 0 Å². The third kappa shape index (κ3) is 3.93. The van der Waals surface area contributed by atoms with Crippen molar-refractivity contribution in [3.63, 3.8) is 0 Å². The van der Waals surface area contributed by atoms with Crippen molar-refractivity contribution < 1.29 is 9.18 Å². The summed E-state index contributed by atoms with van der Waals surface area (Å²) in [6.07, 6.45) is 3.08. The van der Waals surface area contributed by atoms with E-state index >= 15 is 0 Å². The summed E-state index contributed by atoms with van der Waals surface area (Å²) in [5, 5.41) is 3.31. The summed E-state index contributed by atoms with van der Waals surface area (Å²) in [5.41, 5.74) is 2.10. The minimum absolute atomic E-state index is 0.278. The number of amides is 1. The molecule has 0 saturated carbocycles.